The number of carboxylic acids is 1. The summed E-state index contributed by atoms with van der Waals surface area (Å²) in [4.78, 5) is 12.8. The molecule has 2 heterocycles. The van der Waals surface area contributed by atoms with Crippen molar-refractivity contribution in [1.82, 2.24) is 0 Å². The van der Waals surface area contributed by atoms with Crippen molar-refractivity contribution in [3.8, 4) is 0 Å². The molecule has 2 unspecified atom stereocenters. The molecule has 338 valence electrons. The quantitative estimate of drug-likeness (QED) is 0.0308. The standard InChI is InChI=1S/C41H56N2O14S4/c1-40(25-11-14-28-58(46,47)48)33-17-8-9-18-35(33)42(26-12-15-29-59(49,50)51)37(40)19-5-3-6-20-38-41(2,24-10-4-7-21-39(44)45)34-31-32(61(55,56)57)22-23-36(34)43(38)27-13-16-30-60(52,53)54/h3,5-6,8-9,17-20,22-23,31H,4,7,10-16,21,24-30H2,1-2H3,(H4-,44,45,46,47,48,49,50,51,52,53,54,55,56,57)/p+1. The minimum absolute atomic E-state index is 0.00639. The third-order valence-corrected chi connectivity index (χ3v) is 14.6. The molecule has 0 saturated carbocycles. The predicted molar refractivity (Wildman–Crippen MR) is 233 cm³/mol. The number of aliphatic carboxylic acids is 1. The Labute approximate surface area is 359 Å². The van der Waals surface area contributed by atoms with Gasteiger partial charge in [0.05, 0.1) is 27.6 Å². The van der Waals surface area contributed by atoms with Gasteiger partial charge in [-0.2, -0.15) is 38.2 Å². The summed E-state index contributed by atoms with van der Waals surface area (Å²) in [5.74, 6) is -2.13. The lowest BCUT2D eigenvalue weighted by atomic mass is 9.75. The Balaban J connectivity index is 1.76. The summed E-state index contributed by atoms with van der Waals surface area (Å²) in [6, 6.07) is 12.0. The molecule has 0 spiro atoms. The van der Waals surface area contributed by atoms with Gasteiger partial charge in [-0.25, -0.2) is 0 Å². The van der Waals surface area contributed by atoms with Crippen LogP contribution in [0.1, 0.15) is 102 Å². The smallest absolute Gasteiger partial charge is 0.303 e. The van der Waals surface area contributed by atoms with Gasteiger partial charge in [-0.15, -0.1) is 0 Å². The van der Waals surface area contributed by atoms with Gasteiger partial charge in [-0.3, -0.25) is 23.0 Å². The molecule has 0 radical (unpaired) electrons. The van der Waals surface area contributed by atoms with Gasteiger partial charge >= 0.3 is 5.97 Å². The fourth-order valence-electron chi connectivity index (χ4n) is 8.38. The summed E-state index contributed by atoms with van der Waals surface area (Å²) in [6.07, 6.45) is 13.7. The Morgan fingerprint density at radius 2 is 1.26 bits per heavy atom. The van der Waals surface area contributed by atoms with Gasteiger partial charge in [-0.05, 0) is 88.6 Å². The average Bonchev–Trinajstić information content (AvgIpc) is 3.52. The van der Waals surface area contributed by atoms with Crippen LogP contribution < -0.4 is 4.90 Å². The van der Waals surface area contributed by atoms with Gasteiger partial charge in [0.15, 0.2) is 5.71 Å². The van der Waals surface area contributed by atoms with E-state index in [0.717, 1.165) is 22.7 Å². The number of nitrogens with zero attached hydrogens (tertiary/aromatic N) is 2. The Kier molecular flexibility index (Phi) is 16.9. The fraction of sp³-hybridized carbons (Fsp3) is 0.512. The second kappa shape index (κ2) is 20.6. The number of para-hydroxylation sites is 1. The van der Waals surface area contributed by atoms with Gasteiger partial charge < -0.3 is 10.0 Å². The lowest BCUT2D eigenvalue weighted by Gasteiger charge is -2.30. The number of hydrogen-bond donors (Lipinski definition) is 5. The lowest BCUT2D eigenvalue weighted by Crippen LogP contribution is -2.31. The van der Waals surface area contributed by atoms with Gasteiger partial charge in [0.1, 0.15) is 6.54 Å². The van der Waals surface area contributed by atoms with Crippen LogP contribution in [0.25, 0.3) is 0 Å². The summed E-state index contributed by atoms with van der Waals surface area (Å²) in [6.45, 7) is 4.70. The number of carboxylic acid groups (broad SMARTS) is 1. The zero-order valence-corrected chi connectivity index (χ0v) is 37.7. The van der Waals surface area contributed by atoms with Crippen molar-refractivity contribution in [1.29, 1.82) is 0 Å². The maximum atomic E-state index is 12.3. The molecule has 0 fully saturated rings. The highest BCUT2D eigenvalue weighted by Gasteiger charge is 2.47. The van der Waals surface area contributed by atoms with E-state index < -0.39 is 68.8 Å². The maximum absolute atomic E-state index is 12.3. The molecule has 2 aromatic carbocycles. The lowest BCUT2D eigenvalue weighted by molar-refractivity contribution is -0.438. The molecular formula is C41H57N2O14S4+. The molecule has 0 aliphatic carbocycles. The van der Waals surface area contributed by atoms with E-state index in [0.29, 0.717) is 75.7 Å². The largest absolute Gasteiger partial charge is 0.481 e. The number of carbonyl (C=O) groups is 1. The molecule has 2 atom stereocenters. The molecule has 61 heavy (non-hydrogen) atoms. The van der Waals surface area contributed by atoms with E-state index in [4.69, 9.17) is 5.11 Å². The Bertz CT molecular complexity index is 2500. The van der Waals surface area contributed by atoms with E-state index in [1.54, 1.807) is 18.2 Å². The van der Waals surface area contributed by atoms with Crippen LogP contribution in [-0.4, -0.2) is 104 Å². The highest BCUT2D eigenvalue weighted by atomic mass is 32.2. The van der Waals surface area contributed by atoms with E-state index in [-0.39, 0.29) is 36.3 Å². The van der Waals surface area contributed by atoms with Crippen LogP contribution >= 0.6 is 0 Å². The average molecular weight is 930 g/mol. The first kappa shape index (κ1) is 49.9. The number of rotatable bonds is 25. The van der Waals surface area contributed by atoms with Gasteiger partial charge in [0, 0.05) is 53.9 Å². The van der Waals surface area contributed by atoms with E-state index in [9.17, 15) is 56.7 Å². The molecule has 20 heteroatoms. The molecule has 16 nitrogen and oxygen atoms in total. The van der Waals surface area contributed by atoms with Crippen molar-refractivity contribution in [2.45, 2.75) is 107 Å². The number of benzene rings is 2. The molecule has 0 bridgehead atoms. The first-order valence-electron chi connectivity index (χ1n) is 20.1. The number of fused-ring (bicyclic) bond motifs is 2. The van der Waals surface area contributed by atoms with Crippen molar-refractivity contribution in [2.75, 3.05) is 35.2 Å². The molecule has 0 aromatic heterocycles. The second-order valence-corrected chi connectivity index (χ2v) is 22.1. The van der Waals surface area contributed by atoms with Crippen molar-refractivity contribution < 1.29 is 66.4 Å². The Morgan fingerprint density at radius 1 is 0.672 bits per heavy atom. The maximum Gasteiger partial charge on any atom is 0.303 e. The van der Waals surface area contributed by atoms with Crippen LogP contribution in [-0.2, 0) is 56.1 Å². The minimum atomic E-state index is -4.58. The van der Waals surface area contributed by atoms with Crippen molar-refractivity contribution >= 4 is 63.5 Å². The summed E-state index contributed by atoms with van der Waals surface area (Å²) >= 11 is 0. The predicted octanol–water partition coefficient (Wildman–Crippen LogP) is 6.49. The highest BCUT2D eigenvalue weighted by molar-refractivity contribution is 7.86. The van der Waals surface area contributed by atoms with E-state index in [1.807, 2.05) is 61.2 Å². The highest BCUT2D eigenvalue weighted by Crippen LogP contribution is 2.51. The molecular weight excluding hydrogens is 873 g/mol. The van der Waals surface area contributed by atoms with Crippen molar-refractivity contribution in [3.05, 3.63) is 89.7 Å². The second-order valence-electron chi connectivity index (χ2n) is 16.0. The molecule has 2 aromatic rings. The van der Waals surface area contributed by atoms with Crippen LogP contribution in [0.15, 0.2) is 83.4 Å². The Morgan fingerprint density at radius 3 is 1.89 bits per heavy atom. The zero-order chi connectivity index (χ0) is 45.3. The van der Waals surface area contributed by atoms with Crippen LogP contribution in [0.5, 0.6) is 0 Å². The number of hydrogen-bond acceptors (Lipinski definition) is 10. The minimum Gasteiger partial charge on any atom is -0.481 e. The first-order chi connectivity index (χ1) is 28.4. The number of unbranched alkanes of at least 4 members (excludes halogenated alkanes) is 5. The monoisotopic (exact) mass is 929 g/mol. The summed E-state index contributed by atoms with van der Waals surface area (Å²) < 4.78 is 134. The van der Waals surface area contributed by atoms with E-state index >= 15 is 0 Å². The van der Waals surface area contributed by atoms with Gasteiger partial charge in [-0.1, -0.05) is 55.7 Å². The zero-order valence-electron chi connectivity index (χ0n) is 34.4. The third-order valence-electron chi connectivity index (χ3n) is 11.3. The molecule has 0 amide bonds. The van der Waals surface area contributed by atoms with E-state index in [2.05, 4.69) is 4.58 Å². The number of anilines is 1. The normalized spacial score (nSPS) is 20.4. The third kappa shape index (κ3) is 14.1. The molecule has 2 aliphatic heterocycles. The van der Waals surface area contributed by atoms with Crippen LogP contribution in [0.2, 0.25) is 0 Å². The van der Waals surface area contributed by atoms with E-state index in [1.165, 1.54) is 12.1 Å². The SMILES string of the molecule is CC1(CCCCS(=O)(=O)O)C(/C=C/C=C/C=C2/N(CCCCS(=O)(=O)O)c3ccc(S(=O)(=O)O)cc3C2(C)CCCCCC(=O)O)=[N+](CCCCS(=O)(=O)O)c2ccccc21. The molecule has 4 rings (SSSR count). The molecule has 5 N–H and O–H groups in total. The number of allylic oxidation sites excluding steroid dienone is 6. The molecule has 0 saturated heterocycles. The topological polar surface area (TPSA) is 261 Å². The van der Waals surface area contributed by atoms with Crippen LogP contribution in [0.4, 0.5) is 11.4 Å². The van der Waals surface area contributed by atoms with Crippen molar-refractivity contribution in [2.24, 2.45) is 0 Å². The summed E-state index contributed by atoms with van der Waals surface area (Å²) in [5.41, 5.74) is 3.30. The van der Waals surface area contributed by atoms with Gasteiger partial charge in [0.2, 0.25) is 5.69 Å². The first-order valence-corrected chi connectivity index (χ1v) is 26.4. The summed E-state index contributed by atoms with van der Waals surface area (Å²) in [7, 11) is -17.1. The van der Waals surface area contributed by atoms with Gasteiger partial charge in [0.25, 0.3) is 40.5 Å². The van der Waals surface area contributed by atoms with Crippen LogP contribution in [0, 0.1) is 0 Å². The van der Waals surface area contributed by atoms with Crippen molar-refractivity contribution in [3.63, 3.8) is 0 Å². The van der Waals surface area contributed by atoms with Crippen LogP contribution in [0.3, 0.4) is 0 Å². The fourth-order valence-corrected chi connectivity index (χ4v) is 10.6. The summed E-state index contributed by atoms with van der Waals surface area (Å²) in [5, 5.41) is 9.17. The molecule has 2 aliphatic rings. The Hall–Kier alpha value is -3.76.